The van der Waals surface area contributed by atoms with Crippen molar-refractivity contribution < 1.29 is 4.79 Å². The molecule has 2 N–H and O–H groups in total. The van der Waals surface area contributed by atoms with Crippen molar-refractivity contribution in [2.24, 2.45) is 0 Å². The van der Waals surface area contributed by atoms with Crippen LogP contribution in [-0.2, 0) is 0 Å². The Morgan fingerprint density at radius 2 is 1.93 bits per heavy atom. The molecule has 0 aliphatic carbocycles. The highest BCUT2D eigenvalue weighted by Crippen LogP contribution is 2.23. The van der Waals surface area contributed by atoms with Gasteiger partial charge in [-0.15, -0.1) is 0 Å². The number of aromatic amines is 1. The number of amides is 1. The number of piperazine rings is 1. The molecule has 0 radical (unpaired) electrons. The van der Waals surface area contributed by atoms with Crippen molar-refractivity contribution in [3.8, 4) is 11.3 Å². The second-order valence-corrected chi connectivity index (χ2v) is 8.49. The number of aromatic nitrogens is 2. The molecule has 29 heavy (non-hydrogen) atoms. The molecule has 152 valence electrons. The first kappa shape index (κ1) is 19.6. The van der Waals surface area contributed by atoms with Crippen LogP contribution >= 0.6 is 0 Å². The minimum Gasteiger partial charge on any atom is -0.349 e. The summed E-state index contributed by atoms with van der Waals surface area (Å²) in [7, 11) is 2.17. The molecule has 2 aromatic carbocycles. The van der Waals surface area contributed by atoms with Gasteiger partial charge in [0.05, 0.1) is 5.69 Å². The molecule has 2 heterocycles. The zero-order valence-corrected chi connectivity index (χ0v) is 17.4. The number of fused-ring (bicyclic) bond motifs is 1. The summed E-state index contributed by atoms with van der Waals surface area (Å²) in [5, 5.41) is 12.6. The minimum absolute atomic E-state index is 0.113. The van der Waals surface area contributed by atoms with Crippen molar-refractivity contribution >= 4 is 16.7 Å². The largest absolute Gasteiger partial charge is 0.349 e. The van der Waals surface area contributed by atoms with E-state index in [1.54, 1.807) is 0 Å². The van der Waals surface area contributed by atoms with Gasteiger partial charge in [-0.05, 0) is 43.8 Å². The van der Waals surface area contributed by atoms with Gasteiger partial charge in [0.15, 0.2) is 0 Å². The van der Waals surface area contributed by atoms with Gasteiger partial charge < -0.3 is 5.32 Å². The van der Waals surface area contributed by atoms with Crippen LogP contribution in [0.4, 0.5) is 0 Å². The Labute approximate surface area is 171 Å². The molecule has 0 unspecified atom stereocenters. The van der Waals surface area contributed by atoms with Gasteiger partial charge in [-0.2, -0.15) is 5.10 Å². The highest BCUT2D eigenvalue weighted by atomic mass is 16.1. The molecule has 1 aliphatic heterocycles. The number of carbonyl (C=O) groups is 1. The lowest BCUT2D eigenvalue weighted by atomic mass is 10.00. The summed E-state index contributed by atoms with van der Waals surface area (Å²) in [6, 6.07) is 16.3. The van der Waals surface area contributed by atoms with Gasteiger partial charge >= 0.3 is 0 Å². The first-order valence-corrected chi connectivity index (χ1v) is 10.2. The number of rotatable bonds is 5. The van der Waals surface area contributed by atoms with Crippen molar-refractivity contribution in [3.63, 3.8) is 0 Å². The van der Waals surface area contributed by atoms with Gasteiger partial charge in [-0.1, -0.05) is 36.4 Å². The monoisotopic (exact) mass is 391 g/mol. The maximum Gasteiger partial charge on any atom is 0.269 e. The van der Waals surface area contributed by atoms with E-state index in [-0.39, 0.29) is 11.4 Å². The van der Waals surface area contributed by atoms with E-state index in [9.17, 15) is 4.79 Å². The molecule has 6 nitrogen and oxygen atoms in total. The maximum absolute atomic E-state index is 12.5. The van der Waals surface area contributed by atoms with Gasteiger partial charge in [0.2, 0.25) is 0 Å². The van der Waals surface area contributed by atoms with Crippen molar-refractivity contribution in [1.82, 2.24) is 25.3 Å². The van der Waals surface area contributed by atoms with E-state index in [4.69, 9.17) is 0 Å². The van der Waals surface area contributed by atoms with Gasteiger partial charge in [-0.3, -0.25) is 19.7 Å². The second-order valence-electron chi connectivity index (χ2n) is 8.49. The first-order chi connectivity index (χ1) is 13.9. The molecule has 4 rings (SSSR count). The Hall–Kier alpha value is -2.70. The lowest BCUT2D eigenvalue weighted by molar-refractivity contribution is 0.0405. The topological polar surface area (TPSA) is 64.3 Å². The zero-order chi connectivity index (χ0) is 20.4. The van der Waals surface area contributed by atoms with E-state index < -0.39 is 0 Å². The van der Waals surface area contributed by atoms with Crippen LogP contribution in [0.5, 0.6) is 0 Å². The summed E-state index contributed by atoms with van der Waals surface area (Å²) in [6.45, 7) is 9.10. The van der Waals surface area contributed by atoms with Gasteiger partial charge in [0.1, 0.15) is 5.69 Å². The minimum atomic E-state index is -0.113. The Bertz CT molecular complexity index is 1010. The number of hydrogen-bond acceptors (Lipinski definition) is 4. The number of carbonyl (C=O) groups excluding carboxylic acids is 1. The fourth-order valence-corrected chi connectivity index (χ4v) is 3.89. The van der Waals surface area contributed by atoms with Crippen LogP contribution < -0.4 is 5.32 Å². The van der Waals surface area contributed by atoms with Gasteiger partial charge in [-0.25, -0.2) is 0 Å². The molecule has 1 saturated heterocycles. The molecule has 1 aromatic heterocycles. The third-order valence-electron chi connectivity index (χ3n) is 5.98. The summed E-state index contributed by atoms with van der Waals surface area (Å²) < 4.78 is 0. The molecule has 1 aliphatic rings. The second kappa shape index (κ2) is 7.97. The molecule has 1 fully saturated rings. The maximum atomic E-state index is 12.5. The van der Waals surface area contributed by atoms with E-state index in [1.807, 2.05) is 24.3 Å². The summed E-state index contributed by atoms with van der Waals surface area (Å²) >= 11 is 0. The van der Waals surface area contributed by atoms with E-state index in [0.717, 1.165) is 42.8 Å². The molecule has 1 amide bonds. The van der Waals surface area contributed by atoms with Crippen molar-refractivity contribution in [2.75, 3.05) is 39.8 Å². The number of benzene rings is 2. The van der Waals surface area contributed by atoms with Crippen LogP contribution in [-0.4, -0.2) is 71.2 Å². The summed E-state index contributed by atoms with van der Waals surface area (Å²) in [5.74, 6) is -0.113. The lowest BCUT2D eigenvalue weighted by Gasteiger charge is -2.45. The van der Waals surface area contributed by atoms with Gasteiger partial charge in [0.25, 0.3) is 5.91 Å². The molecular formula is C23H29N5O. The Morgan fingerprint density at radius 3 is 2.72 bits per heavy atom. The summed E-state index contributed by atoms with van der Waals surface area (Å²) in [6.07, 6.45) is 0. The average Bonchev–Trinajstić information content (AvgIpc) is 3.20. The van der Waals surface area contributed by atoms with Crippen molar-refractivity contribution in [3.05, 3.63) is 54.2 Å². The first-order valence-electron chi connectivity index (χ1n) is 10.2. The molecule has 0 atom stereocenters. The van der Waals surface area contributed by atoms with Crippen LogP contribution in [0.1, 0.15) is 24.3 Å². The molecular weight excluding hydrogens is 362 g/mol. The van der Waals surface area contributed by atoms with Crippen LogP contribution in [0.3, 0.4) is 0 Å². The predicted molar refractivity (Wildman–Crippen MR) is 117 cm³/mol. The number of hydrogen-bond donors (Lipinski definition) is 2. The van der Waals surface area contributed by atoms with E-state index in [1.165, 1.54) is 5.39 Å². The fraction of sp³-hybridized carbons (Fsp3) is 0.391. The number of nitrogens with one attached hydrogen (secondary N) is 2. The SMILES string of the molecule is CN1CCN(CCNC(=O)c2cc(-c3ccc4ccccc4c3)n[nH]2)CC1(C)C. The lowest BCUT2D eigenvalue weighted by Crippen LogP contribution is -2.58. The van der Waals surface area contributed by atoms with Gasteiger partial charge in [0, 0.05) is 43.8 Å². The number of H-pyrrole nitrogens is 1. The Morgan fingerprint density at radius 1 is 1.14 bits per heavy atom. The highest BCUT2D eigenvalue weighted by Gasteiger charge is 2.30. The summed E-state index contributed by atoms with van der Waals surface area (Å²) in [5.41, 5.74) is 2.44. The standard InChI is InChI=1S/C23H29N5O/c1-23(2)16-28(13-12-27(23)3)11-10-24-22(29)21-15-20(25-26-21)19-9-8-17-6-4-5-7-18(17)14-19/h4-9,14-15H,10-13,16H2,1-3H3,(H,24,29)(H,25,26). The van der Waals surface area contributed by atoms with E-state index in [2.05, 4.69) is 70.5 Å². The van der Waals surface area contributed by atoms with Crippen LogP contribution in [0.2, 0.25) is 0 Å². The Balaban J connectivity index is 1.35. The number of likely N-dealkylation sites (N-methyl/N-ethyl adjacent to an activating group) is 1. The molecule has 3 aromatic rings. The average molecular weight is 392 g/mol. The zero-order valence-electron chi connectivity index (χ0n) is 17.4. The van der Waals surface area contributed by atoms with Crippen molar-refractivity contribution in [2.45, 2.75) is 19.4 Å². The van der Waals surface area contributed by atoms with Crippen LogP contribution in [0, 0.1) is 0 Å². The normalized spacial score (nSPS) is 17.5. The molecule has 0 saturated carbocycles. The van der Waals surface area contributed by atoms with Crippen molar-refractivity contribution in [1.29, 1.82) is 0 Å². The van der Waals surface area contributed by atoms with E-state index >= 15 is 0 Å². The predicted octanol–water partition coefficient (Wildman–Crippen LogP) is 2.99. The van der Waals surface area contributed by atoms with Crippen LogP contribution in [0.25, 0.3) is 22.0 Å². The highest BCUT2D eigenvalue weighted by molar-refractivity contribution is 5.94. The fourth-order valence-electron chi connectivity index (χ4n) is 3.89. The molecule has 6 heteroatoms. The quantitative estimate of drug-likeness (QED) is 0.702. The summed E-state index contributed by atoms with van der Waals surface area (Å²) in [4.78, 5) is 17.3. The third kappa shape index (κ3) is 4.33. The van der Waals surface area contributed by atoms with E-state index in [0.29, 0.717) is 12.2 Å². The molecule has 0 spiro atoms. The molecule has 0 bridgehead atoms. The Kier molecular flexibility index (Phi) is 5.39. The van der Waals surface area contributed by atoms with Crippen LogP contribution in [0.15, 0.2) is 48.5 Å². The third-order valence-corrected chi connectivity index (χ3v) is 5.98. The smallest absolute Gasteiger partial charge is 0.269 e. The number of nitrogens with zero attached hydrogens (tertiary/aromatic N) is 3.